The fourth-order valence-electron chi connectivity index (χ4n) is 2.02. The van der Waals surface area contributed by atoms with Crippen molar-refractivity contribution in [3.05, 3.63) is 54.3 Å². The van der Waals surface area contributed by atoms with Gasteiger partial charge in [0.15, 0.2) is 11.3 Å². The van der Waals surface area contributed by atoms with Crippen molar-refractivity contribution < 1.29 is 19.0 Å². The van der Waals surface area contributed by atoms with E-state index in [1.807, 2.05) is 30.3 Å². The fraction of sp³-hybridized carbons (Fsp3) is 0.125. The van der Waals surface area contributed by atoms with Crippen LogP contribution in [0, 0.1) is 0 Å². The summed E-state index contributed by atoms with van der Waals surface area (Å²) in [5, 5.41) is 10.5. The lowest BCUT2D eigenvalue weighted by molar-refractivity contribution is 0.272. The zero-order valence-corrected chi connectivity index (χ0v) is 11.0. The molecule has 0 unspecified atom stereocenters. The van der Waals surface area contributed by atoms with Crippen molar-refractivity contribution in [1.82, 2.24) is 0 Å². The Morgan fingerprint density at radius 1 is 1.05 bits per heavy atom. The van der Waals surface area contributed by atoms with E-state index in [2.05, 4.69) is 0 Å². The Morgan fingerprint density at radius 2 is 1.85 bits per heavy atom. The molecule has 0 aliphatic rings. The van der Waals surface area contributed by atoms with Crippen molar-refractivity contribution in [2.75, 3.05) is 7.11 Å². The normalized spacial score (nSPS) is 10.7. The Bertz CT molecular complexity index is 730. The lowest BCUT2D eigenvalue weighted by Gasteiger charge is -2.05. The van der Waals surface area contributed by atoms with Gasteiger partial charge in [0.05, 0.1) is 7.11 Å². The van der Waals surface area contributed by atoms with Crippen molar-refractivity contribution in [2.24, 2.45) is 0 Å². The predicted molar refractivity (Wildman–Crippen MR) is 75.2 cm³/mol. The summed E-state index contributed by atoms with van der Waals surface area (Å²) in [7, 11) is 1.61. The first-order chi connectivity index (χ1) is 9.76. The van der Waals surface area contributed by atoms with Crippen LogP contribution in [0.1, 0.15) is 5.76 Å². The molecule has 0 fully saturated rings. The molecule has 0 aliphatic heterocycles. The maximum Gasteiger partial charge on any atom is 0.176 e. The van der Waals surface area contributed by atoms with Gasteiger partial charge in [0.1, 0.15) is 23.9 Å². The van der Waals surface area contributed by atoms with E-state index in [4.69, 9.17) is 13.9 Å². The molecule has 0 radical (unpaired) electrons. The molecular formula is C16H14O4. The summed E-state index contributed by atoms with van der Waals surface area (Å²) in [5.41, 5.74) is 0.483. The summed E-state index contributed by atoms with van der Waals surface area (Å²) in [6.07, 6.45) is 0. The van der Waals surface area contributed by atoms with Crippen molar-refractivity contribution in [1.29, 1.82) is 0 Å². The molecule has 4 heteroatoms. The van der Waals surface area contributed by atoms with Gasteiger partial charge in [-0.1, -0.05) is 18.2 Å². The molecule has 0 spiro atoms. The second-order valence-corrected chi connectivity index (χ2v) is 4.38. The number of phenolic OH excluding ortho intramolecular Hbond substituents is 1. The van der Waals surface area contributed by atoms with Crippen LogP contribution in [0.2, 0.25) is 0 Å². The summed E-state index contributed by atoms with van der Waals surface area (Å²) in [4.78, 5) is 0. The minimum Gasteiger partial charge on any atom is -0.504 e. The Hall–Kier alpha value is -2.62. The van der Waals surface area contributed by atoms with E-state index in [0.29, 0.717) is 23.7 Å². The molecule has 2 aromatic carbocycles. The second kappa shape index (κ2) is 5.17. The maximum absolute atomic E-state index is 9.69. The smallest absolute Gasteiger partial charge is 0.176 e. The molecule has 1 heterocycles. The number of methoxy groups -OCH3 is 1. The number of fused-ring (bicyclic) bond motifs is 1. The monoisotopic (exact) mass is 270 g/mol. The first-order valence-corrected chi connectivity index (χ1v) is 6.23. The Balaban J connectivity index is 1.78. The summed E-state index contributed by atoms with van der Waals surface area (Å²) >= 11 is 0. The van der Waals surface area contributed by atoms with Gasteiger partial charge >= 0.3 is 0 Å². The lowest BCUT2D eigenvalue weighted by atomic mass is 10.2. The molecule has 0 amide bonds. The van der Waals surface area contributed by atoms with Crippen LogP contribution in [0.25, 0.3) is 11.0 Å². The number of phenols is 1. The van der Waals surface area contributed by atoms with Gasteiger partial charge in [0.25, 0.3) is 0 Å². The zero-order valence-electron chi connectivity index (χ0n) is 11.0. The number of hydrogen-bond acceptors (Lipinski definition) is 4. The van der Waals surface area contributed by atoms with E-state index in [0.717, 1.165) is 11.1 Å². The number of benzene rings is 2. The average Bonchev–Trinajstić information content (AvgIpc) is 2.90. The topological polar surface area (TPSA) is 51.8 Å². The standard InChI is InChI=1S/C16H14O4/c1-18-12-5-3-6-13(9-12)19-10-14-8-11-4-2-7-15(17)16(11)20-14/h2-9,17H,10H2,1H3. The quantitative estimate of drug-likeness (QED) is 0.785. The zero-order chi connectivity index (χ0) is 13.9. The highest BCUT2D eigenvalue weighted by molar-refractivity contribution is 5.83. The number of hydrogen-bond donors (Lipinski definition) is 1. The lowest BCUT2D eigenvalue weighted by Crippen LogP contribution is -1.93. The van der Waals surface area contributed by atoms with Gasteiger partial charge in [0.2, 0.25) is 0 Å². The van der Waals surface area contributed by atoms with E-state index < -0.39 is 0 Å². The van der Waals surface area contributed by atoms with E-state index >= 15 is 0 Å². The molecule has 0 aliphatic carbocycles. The molecule has 20 heavy (non-hydrogen) atoms. The molecule has 0 atom stereocenters. The van der Waals surface area contributed by atoms with Gasteiger partial charge in [-0.3, -0.25) is 0 Å². The third-order valence-electron chi connectivity index (χ3n) is 3.00. The molecule has 3 rings (SSSR count). The van der Waals surface area contributed by atoms with Gasteiger partial charge in [-0.2, -0.15) is 0 Å². The molecule has 1 aromatic heterocycles. The van der Waals surface area contributed by atoms with Crippen LogP contribution in [-0.4, -0.2) is 12.2 Å². The van der Waals surface area contributed by atoms with E-state index in [-0.39, 0.29) is 5.75 Å². The molecule has 102 valence electrons. The summed E-state index contributed by atoms with van der Waals surface area (Å²) in [6.45, 7) is 0.293. The summed E-state index contributed by atoms with van der Waals surface area (Å²) in [5.74, 6) is 2.23. The van der Waals surface area contributed by atoms with Crippen LogP contribution in [0.4, 0.5) is 0 Å². The van der Waals surface area contributed by atoms with Gasteiger partial charge in [-0.05, 0) is 24.3 Å². The van der Waals surface area contributed by atoms with Crippen molar-refractivity contribution in [3.8, 4) is 17.2 Å². The Kier molecular flexibility index (Phi) is 3.21. The van der Waals surface area contributed by atoms with Crippen LogP contribution in [-0.2, 0) is 6.61 Å². The highest BCUT2D eigenvalue weighted by Crippen LogP contribution is 2.28. The molecule has 0 saturated carbocycles. The van der Waals surface area contributed by atoms with Crippen molar-refractivity contribution in [2.45, 2.75) is 6.61 Å². The summed E-state index contributed by atoms with van der Waals surface area (Å²) in [6, 6.07) is 14.5. The second-order valence-electron chi connectivity index (χ2n) is 4.38. The number of aromatic hydroxyl groups is 1. The van der Waals surface area contributed by atoms with E-state index in [1.165, 1.54) is 0 Å². The molecule has 0 saturated heterocycles. The van der Waals surface area contributed by atoms with E-state index in [1.54, 1.807) is 25.3 Å². The van der Waals surface area contributed by atoms with Gasteiger partial charge < -0.3 is 19.0 Å². The van der Waals surface area contributed by atoms with Crippen LogP contribution >= 0.6 is 0 Å². The maximum atomic E-state index is 9.69. The third kappa shape index (κ3) is 2.40. The largest absolute Gasteiger partial charge is 0.504 e. The van der Waals surface area contributed by atoms with Crippen LogP contribution < -0.4 is 9.47 Å². The van der Waals surface area contributed by atoms with Crippen molar-refractivity contribution in [3.63, 3.8) is 0 Å². The van der Waals surface area contributed by atoms with Gasteiger partial charge in [-0.25, -0.2) is 0 Å². The molecular weight excluding hydrogens is 256 g/mol. The Labute approximate surface area is 116 Å². The summed E-state index contributed by atoms with van der Waals surface area (Å²) < 4.78 is 16.4. The highest BCUT2D eigenvalue weighted by atomic mass is 16.5. The highest BCUT2D eigenvalue weighted by Gasteiger charge is 2.08. The average molecular weight is 270 g/mol. The number of furan rings is 1. The SMILES string of the molecule is COc1cccc(OCc2cc3cccc(O)c3o2)c1. The molecule has 3 aromatic rings. The number of para-hydroxylation sites is 1. The Morgan fingerprint density at radius 3 is 2.65 bits per heavy atom. The van der Waals surface area contributed by atoms with Crippen LogP contribution in [0.15, 0.2) is 52.9 Å². The number of rotatable bonds is 4. The first kappa shape index (κ1) is 12.4. The van der Waals surface area contributed by atoms with Gasteiger partial charge in [0, 0.05) is 11.5 Å². The third-order valence-corrected chi connectivity index (χ3v) is 3.00. The minimum absolute atomic E-state index is 0.134. The van der Waals surface area contributed by atoms with Gasteiger partial charge in [-0.15, -0.1) is 0 Å². The minimum atomic E-state index is 0.134. The predicted octanol–water partition coefficient (Wildman–Crippen LogP) is 3.73. The van der Waals surface area contributed by atoms with Crippen molar-refractivity contribution >= 4 is 11.0 Å². The van der Waals surface area contributed by atoms with E-state index in [9.17, 15) is 5.11 Å². The molecule has 4 nitrogen and oxygen atoms in total. The molecule has 1 N–H and O–H groups in total. The molecule has 0 bridgehead atoms. The fourth-order valence-corrected chi connectivity index (χ4v) is 2.02. The number of ether oxygens (including phenoxy) is 2. The van der Waals surface area contributed by atoms with Crippen LogP contribution in [0.3, 0.4) is 0 Å². The first-order valence-electron chi connectivity index (χ1n) is 6.23. The van der Waals surface area contributed by atoms with Crippen LogP contribution in [0.5, 0.6) is 17.2 Å².